The van der Waals surface area contributed by atoms with E-state index in [9.17, 15) is 35.9 Å². The number of oxime groups is 1. The van der Waals surface area contributed by atoms with E-state index in [1.807, 2.05) is 0 Å². The summed E-state index contributed by atoms with van der Waals surface area (Å²) in [5, 5.41) is 15.6. The van der Waals surface area contributed by atoms with Crippen molar-refractivity contribution in [3.8, 4) is 0 Å². The molecule has 0 spiro atoms. The van der Waals surface area contributed by atoms with Crippen molar-refractivity contribution in [1.29, 1.82) is 0 Å². The van der Waals surface area contributed by atoms with E-state index >= 15 is 0 Å². The second kappa shape index (κ2) is 11.3. The molecule has 4 rings (SSSR count). The van der Waals surface area contributed by atoms with E-state index in [1.54, 1.807) is 12.1 Å². The van der Waals surface area contributed by atoms with Crippen molar-refractivity contribution in [2.45, 2.75) is 63.0 Å². The van der Waals surface area contributed by atoms with Gasteiger partial charge in [-0.2, -0.15) is 26.3 Å². The number of benzene rings is 2. The predicted molar refractivity (Wildman–Crippen MR) is 136 cm³/mol. The molecule has 1 aliphatic carbocycles. The monoisotopic (exact) mass is 572 g/mol. The van der Waals surface area contributed by atoms with Crippen LogP contribution in [-0.2, 0) is 18.9 Å². The Morgan fingerprint density at radius 1 is 1.00 bits per heavy atom. The summed E-state index contributed by atoms with van der Waals surface area (Å²) < 4.78 is 92.9. The summed E-state index contributed by atoms with van der Waals surface area (Å²) in [6, 6.07) is 7.95. The molecule has 1 heterocycles. The van der Waals surface area contributed by atoms with Crippen LogP contribution in [0.2, 0.25) is 0 Å². The molecule has 0 radical (unpaired) electrons. The van der Waals surface area contributed by atoms with Crippen LogP contribution in [0.25, 0.3) is 0 Å². The van der Waals surface area contributed by atoms with Crippen LogP contribution in [0, 0.1) is 11.2 Å². The van der Waals surface area contributed by atoms with Gasteiger partial charge in [0.25, 0.3) is 0 Å². The maximum atomic E-state index is 13.3. The van der Waals surface area contributed by atoms with Gasteiger partial charge >= 0.3 is 12.4 Å². The Hall–Kier alpha value is -3.28. The lowest BCUT2D eigenvalue weighted by molar-refractivity contribution is -0.143. The first kappa shape index (κ1) is 29.7. The number of amidine groups is 1. The first-order valence-electron chi connectivity index (χ1n) is 12.9. The largest absolute Gasteiger partial charge is 0.416 e. The molecule has 0 aromatic heterocycles. The maximum absolute atomic E-state index is 13.3. The zero-order valence-corrected chi connectivity index (χ0v) is 21.6. The van der Waals surface area contributed by atoms with Crippen LogP contribution in [0.3, 0.4) is 0 Å². The minimum Gasteiger partial charge on any atom is -0.409 e. The third kappa shape index (κ3) is 6.37. The fourth-order valence-corrected chi connectivity index (χ4v) is 5.92. The van der Waals surface area contributed by atoms with Crippen LogP contribution in [0.4, 0.5) is 30.7 Å². The molecule has 2 aromatic rings. The van der Waals surface area contributed by atoms with E-state index in [4.69, 9.17) is 5.73 Å². The maximum Gasteiger partial charge on any atom is 0.416 e. The molecule has 1 aliphatic heterocycles. The zero-order valence-electron chi connectivity index (χ0n) is 21.6. The van der Waals surface area contributed by atoms with Crippen molar-refractivity contribution >= 4 is 5.84 Å². The quantitative estimate of drug-likeness (QED) is 0.115. The van der Waals surface area contributed by atoms with Crippen molar-refractivity contribution in [3.05, 3.63) is 82.8 Å². The number of alkyl halides is 6. The molecule has 12 heteroatoms. The third-order valence-corrected chi connectivity index (χ3v) is 8.20. The van der Waals surface area contributed by atoms with Crippen LogP contribution in [-0.4, -0.2) is 35.1 Å². The molecule has 2 aromatic carbocycles. The molecule has 1 saturated heterocycles. The number of rotatable bonds is 7. The highest BCUT2D eigenvalue weighted by Crippen LogP contribution is 2.46. The smallest absolute Gasteiger partial charge is 0.409 e. The number of nitrogens with zero attached hydrogens (tertiary/aromatic N) is 2. The van der Waals surface area contributed by atoms with E-state index in [-0.39, 0.29) is 41.6 Å². The number of piperidine rings is 1. The van der Waals surface area contributed by atoms with Crippen LogP contribution >= 0.6 is 0 Å². The van der Waals surface area contributed by atoms with Gasteiger partial charge in [-0.05, 0) is 92.6 Å². The van der Waals surface area contributed by atoms with Crippen LogP contribution in [0.1, 0.15) is 60.3 Å². The van der Waals surface area contributed by atoms with Gasteiger partial charge < -0.3 is 21.2 Å². The van der Waals surface area contributed by atoms with Crippen molar-refractivity contribution in [3.63, 3.8) is 0 Å². The molecule has 2 aliphatic rings. The number of nitrogens with two attached hydrogens (primary N) is 1. The molecule has 40 heavy (non-hydrogen) atoms. The zero-order chi connectivity index (χ0) is 29.3. The molecular formula is C28H31F7N4O. The summed E-state index contributed by atoms with van der Waals surface area (Å²) in [5.41, 5.74) is 3.39. The van der Waals surface area contributed by atoms with Gasteiger partial charge in [0.2, 0.25) is 0 Å². The van der Waals surface area contributed by atoms with Gasteiger partial charge in [0.05, 0.1) is 16.5 Å². The highest BCUT2D eigenvalue weighted by molar-refractivity contribution is 5.89. The Kier molecular flexibility index (Phi) is 8.39. The van der Waals surface area contributed by atoms with Crippen LogP contribution < -0.4 is 11.1 Å². The van der Waals surface area contributed by atoms with Gasteiger partial charge in [-0.15, -0.1) is 0 Å². The standard InChI is InChI=1S/C28H31F7N4O/c1-17(37-16-18-12-21(27(30,31)32)14-22(13-18)28(33,34)35)26(25(36)38-40)9-6-24(15-26)39-10-7-20(8-11-39)19-2-4-23(29)5-3-19/h2-5,12-14,20,24,37,40H,1,6-11,15-16H2,(H2,36,38). The van der Waals surface area contributed by atoms with Crippen molar-refractivity contribution in [1.82, 2.24) is 10.2 Å². The normalized spacial score (nSPS) is 23.4. The molecular weight excluding hydrogens is 541 g/mol. The van der Waals surface area contributed by atoms with Gasteiger partial charge in [-0.25, -0.2) is 4.39 Å². The van der Waals surface area contributed by atoms with E-state index in [0.29, 0.717) is 37.3 Å². The van der Waals surface area contributed by atoms with Crippen molar-refractivity contribution in [2.75, 3.05) is 13.1 Å². The molecule has 2 unspecified atom stereocenters. The molecule has 1 saturated carbocycles. The fourth-order valence-electron chi connectivity index (χ4n) is 5.92. The summed E-state index contributed by atoms with van der Waals surface area (Å²) >= 11 is 0. The first-order valence-corrected chi connectivity index (χ1v) is 12.9. The lowest BCUT2D eigenvalue weighted by Crippen LogP contribution is -2.44. The Morgan fingerprint density at radius 2 is 1.57 bits per heavy atom. The molecule has 2 atom stereocenters. The Labute approximate surface area is 227 Å². The SMILES string of the molecule is C=C(NCc1cc(C(F)(F)F)cc(C(F)(F)F)c1)C1(/C(N)=N/O)CCC(N2CCC(c3ccc(F)cc3)CC2)C1. The lowest BCUT2D eigenvalue weighted by Gasteiger charge is -2.38. The first-order chi connectivity index (χ1) is 18.7. The predicted octanol–water partition coefficient (Wildman–Crippen LogP) is 6.63. The van der Waals surface area contributed by atoms with Crippen molar-refractivity contribution < 1.29 is 35.9 Å². The number of hydrogen-bond acceptors (Lipinski definition) is 4. The number of hydrogen-bond donors (Lipinski definition) is 3. The molecule has 0 bridgehead atoms. The summed E-state index contributed by atoms with van der Waals surface area (Å²) in [5.74, 6) is -0.0965. The topological polar surface area (TPSA) is 73.9 Å². The summed E-state index contributed by atoms with van der Waals surface area (Å²) in [6.07, 6.45) is -6.63. The number of halogens is 7. The van der Waals surface area contributed by atoms with E-state index in [2.05, 4.69) is 22.0 Å². The van der Waals surface area contributed by atoms with Gasteiger partial charge in [-0.3, -0.25) is 0 Å². The van der Waals surface area contributed by atoms with E-state index in [1.165, 1.54) is 12.1 Å². The number of nitrogens with one attached hydrogen (secondary N) is 1. The lowest BCUT2D eigenvalue weighted by atomic mass is 9.81. The summed E-state index contributed by atoms with van der Waals surface area (Å²) in [4.78, 5) is 2.31. The third-order valence-electron chi connectivity index (χ3n) is 8.20. The minimum absolute atomic E-state index is 0.0541. The van der Waals surface area contributed by atoms with Gasteiger partial charge in [0.15, 0.2) is 5.84 Å². The van der Waals surface area contributed by atoms with E-state index in [0.717, 1.165) is 31.5 Å². The number of likely N-dealkylation sites (tertiary alicyclic amines) is 1. The fraction of sp³-hybridized carbons (Fsp3) is 0.464. The Morgan fingerprint density at radius 3 is 2.10 bits per heavy atom. The second-order valence-corrected chi connectivity index (χ2v) is 10.6. The molecule has 5 nitrogen and oxygen atoms in total. The Balaban J connectivity index is 1.45. The van der Waals surface area contributed by atoms with Crippen LogP contribution in [0.15, 0.2) is 59.9 Å². The van der Waals surface area contributed by atoms with Crippen LogP contribution in [0.5, 0.6) is 0 Å². The molecule has 4 N–H and O–H groups in total. The minimum atomic E-state index is -4.95. The molecule has 2 fully saturated rings. The molecule has 218 valence electrons. The van der Waals surface area contributed by atoms with Gasteiger partial charge in [0, 0.05) is 18.3 Å². The Bertz CT molecular complexity index is 1200. The highest BCUT2D eigenvalue weighted by Gasteiger charge is 2.47. The van der Waals surface area contributed by atoms with E-state index < -0.39 is 28.9 Å². The van der Waals surface area contributed by atoms with Gasteiger partial charge in [0.1, 0.15) is 5.82 Å². The summed E-state index contributed by atoms with van der Waals surface area (Å²) in [6.45, 7) is 5.20. The van der Waals surface area contributed by atoms with Gasteiger partial charge in [-0.1, -0.05) is 23.9 Å². The summed E-state index contributed by atoms with van der Waals surface area (Å²) in [7, 11) is 0. The molecule has 0 amide bonds. The van der Waals surface area contributed by atoms with Crippen molar-refractivity contribution in [2.24, 2.45) is 16.3 Å². The highest BCUT2D eigenvalue weighted by atomic mass is 19.4. The second-order valence-electron chi connectivity index (χ2n) is 10.6. The average molecular weight is 573 g/mol. The average Bonchev–Trinajstić information content (AvgIpc) is 3.37.